The Bertz CT molecular complexity index is 760. The fourth-order valence-electron chi connectivity index (χ4n) is 6.46. The van der Waals surface area contributed by atoms with E-state index < -0.39 is 0 Å². The number of carbonyl (C=O) groups is 1. The zero-order valence-corrected chi connectivity index (χ0v) is 17.5. The monoisotopic (exact) mass is 406 g/mol. The average Bonchev–Trinajstić information content (AvgIpc) is 3.03. The van der Waals surface area contributed by atoms with Gasteiger partial charge in [-0.1, -0.05) is 0 Å². The normalized spacial score (nSPS) is 34.8. The Labute approximate surface area is 171 Å². The fourth-order valence-corrected chi connectivity index (χ4v) is 6.64. The van der Waals surface area contributed by atoms with Crippen molar-refractivity contribution in [3.05, 3.63) is 10.7 Å². The van der Waals surface area contributed by atoms with Crippen LogP contribution < -0.4 is 0 Å². The van der Waals surface area contributed by atoms with Gasteiger partial charge in [0.25, 0.3) is 4.84 Å². The van der Waals surface area contributed by atoms with Crippen LogP contribution in [0.4, 0.5) is 4.79 Å². The first-order valence-electron chi connectivity index (χ1n) is 10.8. The van der Waals surface area contributed by atoms with Crippen LogP contribution in [0.5, 0.6) is 0 Å². The number of piperazine rings is 1. The summed E-state index contributed by atoms with van der Waals surface area (Å²) in [6.45, 7) is 5.81. The van der Waals surface area contributed by atoms with Gasteiger partial charge in [-0.15, -0.1) is 5.10 Å². The molecule has 0 atom stereocenters. The number of hydrogen-bond donors (Lipinski definition) is 0. The predicted molar refractivity (Wildman–Crippen MR) is 105 cm³/mol. The van der Waals surface area contributed by atoms with Crippen molar-refractivity contribution in [1.29, 1.82) is 0 Å². The van der Waals surface area contributed by atoms with Crippen molar-refractivity contribution >= 4 is 18.3 Å². The Morgan fingerprint density at radius 1 is 1.14 bits per heavy atom. The van der Waals surface area contributed by atoms with E-state index in [0.717, 1.165) is 36.7 Å². The quantitative estimate of drug-likeness (QED) is 0.714. The van der Waals surface area contributed by atoms with E-state index in [-0.39, 0.29) is 11.5 Å². The minimum atomic E-state index is -0.218. The van der Waals surface area contributed by atoms with Gasteiger partial charge in [-0.25, -0.2) is 9.48 Å². The third kappa shape index (κ3) is 3.28. The summed E-state index contributed by atoms with van der Waals surface area (Å²) in [5.41, 5.74) is 0.135. The summed E-state index contributed by atoms with van der Waals surface area (Å²) in [7, 11) is 0. The van der Waals surface area contributed by atoms with Crippen LogP contribution in [0.25, 0.3) is 0 Å². The second-order valence-corrected chi connectivity index (χ2v) is 9.67. The Morgan fingerprint density at radius 2 is 1.75 bits per heavy atom. The van der Waals surface area contributed by atoms with Crippen molar-refractivity contribution in [3.63, 3.8) is 0 Å². The molecule has 7 nitrogen and oxygen atoms in total. The maximum atomic E-state index is 11.9. The van der Waals surface area contributed by atoms with E-state index in [1.54, 1.807) is 4.90 Å². The molecule has 5 aliphatic rings. The lowest BCUT2D eigenvalue weighted by Crippen LogP contribution is -2.49. The van der Waals surface area contributed by atoms with E-state index in [2.05, 4.69) is 4.90 Å². The third-order valence-electron chi connectivity index (χ3n) is 7.33. The molecule has 0 N–H and O–H groups in total. The second-order valence-electron chi connectivity index (χ2n) is 9.32. The highest BCUT2D eigenvalue weighted by molar-refractivity contribution is 7.71. The lowest BCUT2D eigenvalue weighted by Gasteiger charge is -2.55. The summed E-state index contributed by atoms with van der Waals surface area (Å²) >= 11 is 5.52. The SMILES string of the molecule is CCOC(=O)N1CCN(Cn2nc(C34CC5CC(CC(C5)C3)C4)oc2=S)CC1. The molecule has 1 amide bonds. The minimum absolute atomic E-state index is 0.135. The van der Waals surface area contributed by atoms with Gasteiger partial charge in [0, 0.05) is 31.6 Å². The van der Waals surface area contributed by atoms with Crippen molar-refractivity contribution in [2.45, 2.75) is 57.5 Å². The molecule has 0 aromatic carbocycles. The summed E-state index contributed by atoms with van der Waals surface area (Å²) in [6, 6.07) is 0. The molecule has 4 bridgehead atoms. The van der Waals surface area contributed by atoms with E-state index in [1.165, 1.54) is 38.5 Å². The summed E-state index contributed by atoms with van der Waals surface area (Å²) in [5, 5.41) is 4.88. The van der Waals surface area contributed by atoms with E-state index in [0.29, 0.717) is 31.2 Å². The number of amides is 1. The van der Waals surface area contributed by atoms with E-state index in [4.69, 9.17) is 26.5 Å². The number of aromatic nitrogens is 2. The first kappa shape index (κ1) is 18.6. The molecule has 1 saturated heterocycles. The lowest BCUT2D eigenvalue weighted by molar-refractivity contribution is -0.0182. The average molecular weight is 407 g/mol. The largest absolute Gasteiger partial charge is 0.450 e. The van der Waals surface area contributed by atoms with Gasteiger partial charge in [-0.05, 0) is 75.4 Å². The molecule has 1 aromatic rings. The summed E-state index contributed by atoms with van der Waals surface area (Å²) in [4.78, 5) is 16.4. The number of nitrogens with zero attached hydrogens (tertiary/aromatic N) is 4. The molecule has 4 saturated carbocycles. The highest BCUT2D eigenvalue weighted by Gasteiger charge is 2.54. The van der Waals surface area contributed by atoms with Crippen LogP contribution in [0, 0.1) is 22.6 Å². The van der Waals surface area contributed by atoms with Gasteiger partial charge in [0.1, 0.15) is 0 Å². The molecule has 5 fully saturated rings. The molecule has 1 aliphatic heterocycles. The molecule has 6 rings (SSSR count). The van der Waals surface area contributed by atoms with Gasteiger partial charge in [-0.3, -0.25) is 4.90 Å². The fraction of sp³-hybridized carbons (Fsp3) is 0.850. The maximum Gasteiger partial charge on any atom is 0.409 e. The minimum Gasteiger partial charge on any atom is -0.450 e. The number of carbonyl (C=O) groups excluding carboxylic acids is 1. The van der Waals surface area contributed by atoms with Gasteiger partial charge in [0.2, 0.25) is 5.89 Å². The highest BCUT2D eigenvalue weighted by atomic mass is 32.1. The molecular weight excluding hydrogens is 376 g/mol. The van der Waals surface area contributed by atoms with Crippen molar-refractivity contribution in [2.24, 2.45) is 17.8 Å². The van der Waals surface area contributed by atoms with Gasteiger partial charge in [0.15, 0.2) is 0 Å². The van der Waals surface area contributed by atoms with E-state index in [9.17, 15) is 4.79 Å². The molecule has 4 aliphatic carbocycles. The molecule has 0 spiro atoms. The smallest absolute Gasteiger partial charge is 0.409 e. The lowest BCUT2D eigenvalue weighted by atomic mass is 9.49. The maximum absolute atomic E-state index is 11.9. The first-order valence-corrected chi connectivity index (χ1v) is 11.2. The molecule has 0 radical (unpaired) electrons. The third-order valence-corrected chi connectivity index (χ3v) is 7.62. The molecule has 0 unspecified atom stereocenters. The Balaban J connectivity index is 1.25. The number of hydrogen-bond acceptors (Lipinski definition) is 6. The summed E-state index contributed by atoms with van der Waals surface area (Å²) in [6.07, 6.45) is 7.69. The van der Waals surface area contributed by atoms with Crippen molar-refractivity contribution in [3.8, 4) is 0 Å². The standard InChI is InChI=1S/C20H30N4O3S/c1-2-26-18(25)23-5-3-22(4-6-23)13-24-19(28)27-17(21-24)20-10-14-7-15(11-20)9-16(8-14)12-20/h14-16H,2-13H2,1H3. The molecule has 2 heterocycles. The molecular formula is C20H30N4O3S. The van der Waals surface area contributed by atoms with Gasteiger partial charge >= 0.3 is 6.09 Å². The predicted octanol–water partition coefficient (Wildman–Crippen LogP) is 3.40. The van der Waals surface area contributed by atoms with Crippen LogP contribution >= 0.6 is 12.2 Å². The Hall–Kier alpha value is -1.41. The van der Waals surface area contributed by atoms with Crippen LogP contribution in [-0.2, 0) is 16.8 Å². The molecule has 1 aromatic heterocycles. The van der Waals surface area contributed by atoms with Crippen LogP contribution in [0.15, 0.2) is 4.42 Å². The van der Waals surface area contributed by atoms with Gasteiger partial charge < -0.3 is 14.1 Å². The van der Waals surface area contributed by atoms with Crippen molar-refractivity contribution in [1.82, 2.24) is 19.6 Å². The molecule has 8 heteroatoms. The number of ether oxygens (including phenoxy) is 1. The topological polar surface area (TPSA) is 63.7 Å². The first-order chi connectivity index (χ1) is 13.5. The summed E-state index contributed by atoms with van der Waals surface area (Å²) < 4.78 is 13.0. The number of rotatable bonds is 4. The second kappa shape index (κ2) is 7.13. The van der Waals surface area contributed by atoms with E-state index >= 15 is 0 Å². The summed E-state index contributed by atoms with van der Waals surface area (Å²) in [5.74, 6) is 3.46. The van der Waals surface area contributed by atoms with Crippen LogP contribution in [0.1, 0.15) is 51.3 Å². The van der Waals surface area contributed by atoms with E-state index in [1.807, 2.05) is 11.6 Å². The van der Waals surface area contributed by atoms with Crippen molar-refractivity contribution < 1.29 is 13.9 Å². The molecule has 28 heavy (non-hydrogen) atoms. The van der Waals surface area contributed by atoms with Crippen molar-refractivity contribution in [2.75, 3.05) is 32.8 Å². The van der Waals surface area contributed by atoms with Gasteiger partial charge in [0.05, 0.1) is 13.3 Å². The Kier molecular flexibility index (Phi) is 4.74. The van der Waals surface area contributed by atoms with Crippen LogP contribution in [0.2, 0.25) is 0 Å². The van der Waals surface area contributed by atoms with Gasteiger partial charge in [-0.2, -0.15) is 0 Å². The highest BCUT2D eigenvalue weighted by Crippen LogP contribution is 2.60. The van der Waals surface area contributed by atoms with Crippen LogP contribution in [0.3, 0.4) is 0 Å². The zero-order chi connectivity index (χ0) is 19.3. The van der Waals surface area contributed by atoms with Crippen LogP contribution in [-0.4, -0.2) is 58.5 Å². The zero-order valence-electron chi connectivity index (χ0n) is 16.6. The Morgan fingerprint density at radius 3 is 2.32 bits per heavy atom. The molecule has 154 valence electrons.